The summed E-state index contributed by atoms with van der Waals surface area (Å²) < 4.78 is 40.7. The molecule has 0 aliphatic carbocycles. The average Bonchev–Trinajstić information content (AvgIpc) is 2.97. The summed E-state index contributed by atoms with van der Waals surface area (Å²) in [6.45, 7) is 0. The minimum Gasteiger partial charge on any atom is -0.480 e. The quantitative estimate of drug-likeness (QED) is 0.178. The van der Waals surface area contributed by atoms with Crippen molar-refractivity contribution in [3.8, 4) is 11.1 Å². The Hall–Kier alpha value is -4.70. The fourth-order valence-electron chi connectivity index (χ4n) is 4.06. The van der Waals surface area contributed by atoms with E-state index < -0.39 is 41.3 Å². The number of hydrogen-bond acceptors (Lipinski definition) is 3. The Morgan fingerprint density at radius 2 is 1.48 bits per heavy atom. The largest absolute Gasteiger partial charge is 0.480 e. The van der Waals surface area contributed by atoms with E-state index in [1.165, 1.54) is 12.1 Å². The number of benzene rings is 4. The van der Waals surface area contributed by atoms with Crippen LogP contribution in [0.1, 0.15) is 27.0 Å². The van der Waals surface area contributed by atoms with Gasteiger partial charge in [-0.25, -0.2) is 4.79 Å². The van der Waals surface area contributed by atoms with Gasteiger partial charge in [-0.2, -0.15) is 13.2 Å². The van der Waals surface area contributed by atoms with Crippen molar-refractivity contribution in [2.45, 2.75) is 18.6 Å². The van der Waals surface area contributed by atoms with E-state index in [9.17, 15) is 32.7 Å². The first-order valence-corrected chi connectivity index (χ1v) is 13.4. The molecule has 0 saturated heterocycles. The second-order valence-corrected chi connectivity index (χ2v) is 10.2. The van der Waals surface area contributed by atoms with E-state index in [0.717, 1.165) is 33.8 Å². The van der Waals surface area contributed by atoms with E-state index in [2.05, 4.69) is 26.6 Å². The second kappa shape index (κ2) is 13.3. The zero-order chi connectivity index (χ0) is 30.3. The van der Waals surface area contributed by atoms with Gasteiger partial charge in [0.1, 0.15) is 11.7 Å². The number of hydrogen-bond donors (Lipinski definition) is 3. The predicted octanol–water partition coefficient (Wildman–Crippen LogP) is 6.72. The van der Waals surface area contributed by atoms with Crippen LogP contribution in [0.4, 0.5) is 13.2 Å². The predicted molar refractivity (Wildman–Crippen MR) is 156 cm³/mol. The van der Waals surface area contributed by atoms with Crippen LogP contribution in [0.25, 0.3) is 17.2 Å². The lowest BCUT2D eigenvalue weighted by molar-refractivity contribution is -0.141. The molecule has 3 N–H and O–H groups in total. The van der Waals surface area contributed by atoms with Crippen molar-refractivity contribution in [1.82, 2.24) is 10.6 Å². The standard InChI is InChI=1S/C32H24BrF3N2O4/c33-26-15-9-20(10-16-26)18-28(31(41)42)38-30(40)27(19-21-5-4-8-25(17-21)32(34,35)36)37-29(39)24-13-11-23(12-14-24)22-6-2-1-3-7-22/h1-17,19,28H,18H2,(H,37,39)(H,38,40)(H,41,42)/b27-19+. The van der Waals surface area contributed by atoms with Crippen molar-refractivity contribution in [2.75, 3.05) is 0 Å². The Morgan fingerprint density at radius 3 is 2.10 bits per heavy atom. The molecule has 0 radical (unpaired) electrons. The molecule has 6 nitrogen and oxygen atoms in total. The fraction of sp³-hybridized carbons (Fsp3) is 0.0938. The van der Waals surface area contributed by atoms with Gasteiger partial charge in [0.05, 0.1) is 5.56 Å². The van der Waals surface area contributed by atoms with Gasteiger partial charge in [-0.1, -0.05) is 82.7 Å². The van der Waals surface area contributed by atoms with Crippen LogP contribution in [-0.4, -0.2) is 28.9 Å². The maximum Gasteiger partial charge on any atom is 0.416 e. The number of alkyl halides is 3. The number of carbonyl (C=O) groups excluding carboxylic acids is 2. The highest BCUT2D eigenvalue weighted by atomic mass is 79.9. The van der Waals surface area contributed by atoms with Crippen LogP contribution in [0.3, 0.4) is 0 Å². The van der Waals surface area contributed by atoms with Crippen LogP contribution in [0.15, 0.2) is 113 Å². The first-order valence-electron chi connectivity index (χ1n) is 12.6. The molecule has 0 saturated carbocycles. The summed E-state index contributed by atoms with van der Waals surface area (Å²) in [7, 11) is 0. The summed E-state index contributed by atoms with van der Waals surface area (Å²) in [6, 6.07) is 25.6. The zero-order valence-electron chi connectivity index (χ0n) is 21.9. The molecule has 0 fully saturated rings. The van der Waals surface area contributed by atoms with Crippen molar-refractivity contribution in [3.63, 3.8) is 0 Å². The SMILES string of the molecule is O=C(NC(Cc1ccc(Br)cc1)C(=O)O)/C(=C\c1cccc(C(F)(F)F)c1)NC(=O)c1ccc(-c2ccccc2)cc1. The monoisotopic (exact) mass is 636 g/mol. The molecule has 42 heavy (non-hydrogen) atoms. The molecule has 0 spiro atoms. The highest BCUT2D eigenvalue weighted by Crippen LogP contribution is 2.30. The van der Waals surface area contributed by atoms with Crippen molar-refractivity contribution in [3.05, 3.63) is 136 Å². The molecule has 0 aliphatic heterocycles. The van der Waals surface area contributed by atoms with Gasteiger partial charge >= 0.3 is 12.1 Å². The number of halogens is 4. The number of carbonyl (C=O) groups is 3. The van der Waals surface area contributed by atoms with E-state index in [4.69, 9.17) is 0 Å². The smallest absolute Gasteiger partial charge is 0.416 e. The maximum absolute atomic E-state index is 13.3. The Labute approximate surface area is 248 Å². The molecule has 2 amide bonds. The highest BCUT2D eigenvalue weighted by molar-refractivity contribution is 9.10. The van der Waals surface area contributed by atoms with Crippen LogP contribution in [0.2, 0.25) is 0 Å². The molecule has 4 aromatic rings. The Balaban J connectivity index is 1.62. The van der Waals surface area contributed by atoms with Crippen molar-refractivity contribution >= 4 is 39.8 Å². The summed E-state index contributed by atoms with van der Waals surface area (Å²) in [5, 5.41) is 14.6. The molecule has 4 rings (SSSR count). The van der Waals surface area contributed by atoms with Crippen molar-refractivity contribution in [1.29, 1.82) is 0 Å². The number of aliphatic carboxylic acids is 1. The summed E-state index contributed by atoms with van der Waals surface area (Å²) in [4.78, 5) is 38.4. The Morgan fingerprint density at radius 1 is 0.833 bits per heavy atom. The molecular formula is C32H24BrF3N2O4. The summed E-state index contributed by atoms with van der Waals surface area (Å²) in [5.41, 5.74) is 1.20. The van der Waals surface area contributed by atoms with E-state index in [1.807, 2.05) is 30.3 Å². The lowest BCUT2D eigenvalue weighted by Crippen LogP contribution is -2.45. The van der Waals surface area contributed by atoms with Crippen LogP contribution in [0, 0.1) is 0 Å². The van der Waals surface area contributed by atoms with Crippen LogP contribution in [0.5, 0.6) is 0 Å². The van der Waals surface area contributed by atoms with E-state index in [1.54, 1.807) is 48.5 Å². The Bertz CT molecular complexity index is 1600. The third kappa shape index (κ3) is 8.17. The molecule has 0 heterocycles. The molecule has 0 bridgehead atoms. The third-order valence-electron chi connectivity index (χ3n) is 6.23. The van der Waals surface area contributed by atoms with Crippen molar-refractivity contribution in [2.24, 2.45) is 0 Å². The summed E-state index contributed by atoms with van der Waals surface area (Å²) in [6.07, 6.45) is -3.63. The number of carboxylic acid groups (broad SMARTS) is 1. The number of nitrogens with one attached hydrogen (secondary N) is 2. The normalized spacial score (nSPS) is 12.3. The average molecular weight is 637 g/mol. The molecule has 214 valence electrons. The number of amides is 2. The van der Waals surface area contributed by atoms with Crippen LogP contribution >= 0.6 is 15.9 Å². The zero-order valence-corrected chi connectivity index (χ0v) is 23.4. The number of carboxylic acids is 1. The van der Waals surface area contributed by atoms with Crippen LogP contribution < -0.4 is 10.6 Å². The van der Waals surface area contributed by atoms with E-state index in [0.29, 0.717) is 5.56 Å². The van der Waals surface area contributed by atoms with Gasteiger partial charge in [-0.3, -0.25) is 9.59 Å². The van der Waals surface area contributed by atoms with Gasteiger partial charge in [-0.05, 0) is 64.7 Å². The Kier molecular flexibility index (Phi) is 9.59. The highest BCUT2D eigenvalue weighted by Gasteiger charge is 2.30. The second-order valence-electron chi connectivity index (χ2n) is 9.27. The molecule has 1 atom stereocenters. The molecule has 10 heteroatoms. The first-order chi connectivity index (χ1) is 20.0. The van der Waals surface area contributed by atoms with Crippen molar-refractivity contribution < 1.29 is 32.7 Å². The molecule has 0 aliphatic rings. The lowest BCUT2D eigenvalue weighted by Gasteiger charge is -2.17. The summed E-state index contributed by atoms with van der Waals surface area (Å²) >= 11 is 3.30. The molecular weight excluding hydrogens is 613 g/mol. The van der Waals surface area contributed by atoms with E-state index >= 15 is 0 Å². The maximum atomic E-state index is 13.3. The van der Waals surface area contributed by atoms with E-state index in [-0.39, 0.29) is 17.5 Å². The fourth-order valence-corrected chi connectivity index (χ4v) is 4.33. The van der Waals surface area contributed by atoms with Gasteiger partial charge in [0.15, 0.2) is 0 Å². The van der Waals surface area contributed by atoms with Gasteiger partial charge in [0, 0.05) is 16.5 Å². The third-order valence-corrected chi connectivity index (χ3v) is 6.76. The van der Waals surface area contributed by atoms with Gasteiger partial charge in [-0.15, -0.1) is 0 Å². The molecule has 4 aromatic carbocycles. The minimum absolute atomic E-state index is 0.0190. The molecule has 1 unspecified atom stereocenters. The topological polar surface area (TPSA) is 95.5 Å². The minimum atomic E-state index is -4.63. The van der Waals surface area contributed by atoms with Gasteiger partial charge in [0.2, 0.25) is 0 Å². The lowest BCUT2D eigenvalue weighted by atomic mass is 10.0. The first kappa shape index (κ1) is 30.3. The number of rotatable bonds is 9. The van der Waals surface area contributed by atoms with Gasteiger partial charge < -0.3 is 15.7 Å². The van der Waals surface area contributed by atoms with Crippen LogP contribution in [-0.2, 0) is 22.2 Å². The molecule has 0 aromatic heterocycles. The van der Waals surface area contributed by atoms with Gasteiger partial charge in [0.25, 0.3) is 11.8 Å². The summed E-state index contributed by atoms with van der Waals surface area (Å²) in [5.74, 6) is -3.01.